The van der Waals surface area contributed by atoms with Crippen LogP contribution >= 0.6 is 35.0 Å². The van der Waals surface area contributed by atoms with Crippen molar-refractivity contribution in [1.29, 1.82) is 5.26 Å². The van der Waals surface area contributed by atoms with Gasteiger partial charge >= 0.3 is 5.97 Å². The Bertz CT molecular complexity index is 711. The molecule has 2 aromatic carbocycles. The molecule has 0 saturated carbocycles. The molecule has 0 unspecified atom stereocenters. The molecule has 0 radical (unpaired) electrons. The van der Waals surface area contributed by atoms with E-state index in [1.807, 2.05) is 6.07 Å². The van der Waals surface area contributed by atoms with Gasteiger partial charge in [-0.1, -0.05) is 35.3 Å². The number of halogens is 2. The fourth-order valence-corrected chi connectivity index (χ4v) is 2.90. The third kappa shape index (κ3) is 4.96. The molecule has 0 aliphatic carbocycles. The van der Waals surface area contributed by atoms with Crippen LogP contribution in [0.15, 0.2) is 47.4 Å². The molecule has 0 amide bonds. The Morgan fingerprint density at radius 1 is 1.18 bits per heavy atom. The molecule has 0 bridgehead atoms. The van der Waals surface area contributed by atoms with Gasteiger partial charge in [-0.3, -0.25) is 4.79 Å². The molecule has 22 heavy (non-hydrogen) atoms. The molecule has 0 atom stereocenters. The number of nitrogens with zero attached hydrogens (tertiary/aromatic N) is 1. The quantitative estimate of drug-likeness (QED) is 0.578. The largest absolute Gasteiger partial charge is 0.460 e. The Balaban J connectivity index is 1.83. The van der Waals surface area contributed by atoms with Crippen LogP contribution in [-0.2, 0) is 16.1 Å². The van der Waals surface area contributed by atoms with Crippen molar-refractivity contribution in [3.8, 4) is 6.07 Å². The van der Waals surface area contributed by atoms with Crippen LogP contribution in [0.5, 0.6) is 0 Å². The number of esters is 1. The van der Waals surface area contributed by atoms with Crippen molar-refractivity contribution in [2.45, 2.75) is 11.5 Å². The zero-order valence-corrected chi connectivity index (χ0v) is 13.7. The molecule has 0 aromatic heterocycles. The highest BCUT2D eigenvalue weighted by atomic mass is 35.5. The lowest BCUT2D eigenvalue weighted by Gasteiger charge is -2.06. The second-order valence-electron chi connectivity index (χ2n) is 4.33. The smallest absolute Gasteiger partial charge is 0.316 e. The van der Waals surface area contributed by atoms with Gasteiger partial charge in [0.1, 0.15) is 6.61 Å². The van der Waals surface area contributed by atoms with Gasteiger partial charge in [0, 0.05) is 9.92 Å². The summed E-state index contributed by atoms with van der Waals surface area (Å²) < 4.78 is 5.17. The molecule has 0 fully saturated rings. The predicted octanol–water partition coefficient (Wildman–Crippen LogP) is 4.70. The molecule has 3 nitrogen and oxygen atoms in total. The molecule has 2 rings (SSSR count). The number of ether oxygens (including phenoxy) is 1. The second-order valence-corrected chi connectivity index (χ2v) is 6.19. The number of nitriles is 1. The van der Waals surface area contributed by atoms with Crippen LogP contribution < -0.4 is 0 Å². The molecule has 6 heteroatoms. The lowest BCUT2D eigenvalue weighted by Crippen LogP contribution is -2.07. The number of benzene rings is 2. The predicted molar refractivity (Wildman–Crippen MR) is 88.1 cm³/mol. The molecular weight excluding hydrogens is 341 g/mol. The maximum atomic E-state index is 11.7. The molecule has 0 spiro atoms. The van der Waals surface area contributed by atoms with Crippen molar-refractivity contribution in [2.75, 3.05) is 5.75 Å². The van der Waals surface area contributed by atoms with Gasteiger partial charge < -0.3 is 4.74 Å². The molecule has 0 aliphatic heterocycles. The Kier molecular flexibility index (Phi) is 6.14. The number of carbonyl (C=O) groups excluding carboxylic acids is 1. The van der Waals surface area contributed by atoms with Crippen LogP contribution in [0, 0.1) is 11.3 Å². The third-order valence-corrected chi connectivity index (χ3v) is 4.43. The summed E-state index contributed by atoms with van der Waals surface area (Å²) in [6.07, 6.45) is 0. The SMILES string of the molecule is N#Cc1ccc(COC(=O)CSc2cc(Cl)ccc2Cl)cc1. The number of carbonyl (C=O) groups is 1. The maximum absolute atomic E-state index is 11.7. The Morgan fingerprint density at radius 3 is 2.59 bits per heavy atom. The Labute approximate surface area is 142 Å². The van der Waals surface area contributed by atoms with Gasteiger partial charge in [0.05, 0.1) is 22.4 Å². The number of thioether (sulfide) groups is 1. The molecule has 112 valence electrons. The van der Waals surface area contributed by atoms with Crippen molar-refractivity contribution in [3.63, 3.8) is 0 Å². The van der Waals surface area contributed by atoms with Crippen molar-refractivity contribution in [1.82, 2.24) is 0 Å². The first-order valence-electron chi connectivity index (χ1n) is 6.31. The maximum Gasteiger partial charge on any atom is 0.316 e. The summed E-state index contributed by atoms with van der Waals surface area (Å²) in [5, 5.41) is 9.83. The number of hydrogen-bond acceptors (Lipinski definition) is 4. The normalized spacial score (nSPS) is 10.0. The van der Waals surface area contributed by atoms with Gasteiger partial charge in [-0.05, 0) is 35.9 Å². The minimum Gasteiger partial charge on any atom is -0.460 e. The zero-order valence-electron chi connectivity index (χ0n) is 11.4. The van der Waals surface area contributed by atoms with E-state index in [0.717, 1.165) is 10.5 Å². The minimum atomic E-state index is -0.342. The highest BCUT2D eigenvalue weighted by molar-refractivity contribution is 8.00. The Morgan fingerprint density at radius 2 is 1.91 bits per heavy atom. The van der Waals surface area contributed by atoms with E-state index in [2.05, 4.69) is 0 Å². The van der Waals surface area contributed by atoms with Gasteiger partial charge in [0.15, 0.2) is 0 Å². The highest BCUT2D eigenvalue weighted by Gasteiger charge is 2.08. The van der Waals surface area contributed by atoms with E-state index in [-0.39, 0.29) is 18.3 Å². The average molecular weight is 352 g/mol. The summed E-state index contributed by atoms with van der Waals surface area (Å²) in [6.45, 7) is 0.175. The van der Waals surface area contributed by atoms with E-state index < -0.39 is 0 Å². The van der Waals surface area contributed by atoms with Crippen molar-refractivity contribution in [2.24, 2.45) is 0 Å². The van der Waals surface area contributed by atoms with Crippen LogP contribution in [-0.4, -0.2) is 11.7 Å². The summed E-state index contributed by atoms with van der Waals surface area (Å²) in [5.41, 5.74) is 1.40. The molecule has 0 saturated heterocycles. The zero-order chi connectivity index (χ0) is 15.9. The minimum absolute atomic E-state index is 0.149. The second kappa shape index (κ2) is 8.09. The van der Waals surface area contributed by atoms with Crippen molar-refractivity contribution < 1.29 is 9.53 Å². The van der Waals surface area contributed by atoms with Crippen LogP contribution in [0.25, 0.3) is 0 Å². The molecular formula is C16H11Cl2NO2S. The van der Waals surface area contributed by atoms with Crippen LogP contribution in [0.2, 0.25) is 10.0 Å². The van der Waals surface area contributed by atoms with Crippen molar-refractivity contribution in [3.05, 3.63) is 63.6 Å². The van der Waals surface area contributed by atoms with Crippen LogP contribution in [0.4, 0.5) is 0 Å². The fraction of sp³-hybridized carbons (Fsp3) is 0.125. The summed E-state index contributed by atoms with van der Waals surface area (Å²) in [6, 6.07) is 14.0. The number of hydrogen-bond donors (Lipinski definition) is 0. The van der Waals surface area contributed by atoms with Gasteiger partial charge in [-0.2, -0.15) is 5.26 Å². The molecule has 0 N–H and O–H groups in total. The van der Waals surface area contributed by atoms with Gasteiger partial charge in [-0.15, -0.1) is 11.8 Å². The van der Waals surface area contributed by atoms with Gasteiger partial charge in [0.2, 0.25) is 0 Å². The summed E-state index contributed by atoms with van der Waals surface area (Å²) in [5.74, 6) is -0.193. The summed E-state index contributed by atoms with van der Waals surface area (Å²) in [4.78, 5) is 12.5. The first-order chi connectivity index (χ1) is 10.6. The standard InChI is InChI=1S/C16H11Cl2NO2S/c17-13-5-6-14(18)15(7-13)22-10-16(20)21-9-12-3-1-11(8-19)2-4-12/h1-7H,9-10H2. The van der Waals surface area contributed by atoms with E-state index in [0.29, 0.717) is 15.6 Å². The van der Waals surface area contributed by atoms with E-state index in [4.69, 9.17) is 33.2 Å². The number of rotatable bonds is 5. The average Bonchev–Trinajstić information content (AvgIpc) is 2.54. The molecule has 2 aromatic rings. The lowest BCUT2D eigenvalue weighted by atomic mass is 10.2. The van der Waals surface area contributed by atoms with E-state index in [1.54, 1.807) is 42.5 Å². The third-order valence-electron chi connectivity index (χ3n) is 2.72. The van der Waals surface area contributed by atoms with E-state index in [1.165, 1.54) is 11.8 Å². The van der Waals surface area contributed by atoms with Crippen LogP contribution in [0.3, 0.4) is 0 Å². The topological polar surface area (TPSA) is 50.1 Å². The van der Waals surface area contributed by atoms with E-state index in [9.17, 15) is 4.79 Å². The Hall–Kier alpha value is -1.67. The first-order valence-corrected chi connectivity index (χ1v) is 8.05. The fourth-order valence-electron chi connectivity index (χ4n) is 1.61. The van der Waals surface area contributed by atoms with Gasteiger partial charge in [0.25, 0.3) is 0 Å². The molecule has 0 heterocycles. The highest BCUT2D eigenvalue weighted by Crippen LogP contribution is 2.29. The first kappa shape index (κ1) is 16.7. The van der Waals surface area contributed by atoms with Crippen molar-refractivity contribution >= 4 is 40.9 Å². The van der Waals surface area contributed by atoms with Gasteiger partial charge in [-0.25, -0.2) is 0 Å². The van der Waals surface area contributed by atoms with Crippen LogP contribution in [0.1, 0.15) is 11.1 Å². The van der Waals surface area contributed by atoms with E-state index >= 15 is 0 Å². The lowest BCUT2D eigenvalue weighted by molar-refractivity contribution is -0.141. The summed E-state index contributed by atoms with van der Waals surface area (Å²) >= 11 is 13.2. The summed E-state index contributed by atoms with van der Waals surface area (Å²) in [7, 11) is 0. The monoisotopic (exact) mass is 351 g/mol. The molecule has 0 aliphatic rings.